The van der Waals surface area contributed by atoms with E-state index in [0.29, 0.717) is 0 Å². The third-order valence-corrected chi connectivity index (χ3v) is 3.02. The van der Waals surface area contributed by atoms with Crippen LogP contribution in [0.5, 0.6) is 0 Å². The number of imidazole rings is 1. The van der Waals surface area contributed by atoms with Crippen molar-refractivity contribution in [2.24, 2.45) is 7.05 Å². The van der Waals surface area contributed by atoms with Gasteiger partial charge in [-0.2, -0.15) is 0 Å². The smallest absolute Gasteiger partial charge is 0.140 e. The van der Waals surface area contributed by atoms with Crippen LogP contribution < -0.4 is 0 Å². The van der Waals surface area contributed by atoms with Crippen LogP contribution in [-0.4, -0.2) is 14.5 Å². The summed E-state index contributed by atoms with van der Waals surface area (Å²) < 4.78 is 2.04. The molecule has 0 unspecified atom stereocenters. The first-order valence-electron chi connectivity index (χ1n) is 5.28. The number of halogens is 1. The molecule has 0 aliphatic rings. The Morgan fingerprint density at radius 2 is 1.88 bits per heavy atom. The molecular formula is C13H10ClN3. The van der Waals surface area contributed by atoms with E-state index in [-0.39, 0.29) is 0 Å². The van der Waals surface area contributed by atoms with Gasteiger partial charge in [0.15, 0.2) is 0 Å². The van der Waals surface area contributed by atoms with Gasteiger partial charge in [-0.1, -0.05) is 11.6 Å². The molecule has 3 rings (SSSR count). The van der Waals surface area contributed by atoms with Gasteiger partial charge in [0.25, 0.3) is 0 Å². The average molecular weight is 244 g/mol. The largest absolute Gasteiger partial charge is 0.327 e. The van der Waals surface area contributed by atoms with E-state index in [1.807, 2.05) is 41.9 Å². The van der Waals surface area contributed by atoms with Crippen LogP contribution in [0.1, 0.15) is 0 Å². The number of aryl methyl sites for hydroxylation is 1. The Morgan fingerprint density at radius 1 is 1.12 bits per heavy atom. The molecule has 0 aliphatic heterocycles. The molecular weight excluding hydrogens is 234 g/mol. The second-order valence-electron chi connectivity index (χ2n) is 3.86. The summed E-state index contributed by atoms with van der Waals surface area (Å²) in [5.41, 5.74) is 3.03. The summed E-state index contributed by atoms with van der Waals surface area (Å²) in [5, 5.41) is 0.724. The van der Waals surface area contributed by atoms with Gasteiger partial charge < -0.3 is 4.57 Å². The maximum Gasteiger partial charge on any atom is 0.140 e. The van der Waals surface area contributed by atoms with E-state index in [9.17, 15) is 0 Å². The Kier molecular flexibility index (Phi) is 2.34. The van der Waals surface area contributed by atoms with E-state index in [2.05, 4.69) is 9.97 Å². The van der Waals surface area contributed by atoms with Crippen LogP contribution >= 0.6 is 11.6 Å². The molecule has 0 fully saturated rings. The Labute approximate surface area is 104 Å². The molecule has 2 aromatic heterocycles. The molecule has 0 bridgehead atoms. The third kappa shape index (κ3) is 1.68. The molecule has 3 nitrogen and oxygen atoms in total. The first-order chi connectivity index (χ1) is 8.25. The summed E-state index contributed by atoms with van der Waals surface area (Å²) >= 11 is 5.99. The zero-order valence-corrected chi connectivity index (χ0v) is 10.0. The lowest BCUT2D eigenvalue weighted by molar-refractivity contribution is 0.958. The molecule has 0 radical (unpaired) electrons. The minimum Gasteiger partial charge on any atom is -0.327 e. The van der Waals surface area contributed by atoms with E-state index < -0.39 is 0 Å². The molecule has 0 aliphatic carbocycles. The topological polar surface area (TPSA) is 30.7 Å². The van der Waals surface area contributed by atoms with Crippen LogP contribution in [0.15, 0.2) is 42.7 Å². The molecule has 0 saturated heterocycles. The van der Waals surface area contributed by atoms with Gasteiger partial charge in [0, 0.05) is 30.0 Å². The number of aromatic nitrogens is 3. The van der Waals surface area contributed by atoms with Crippen molar-refractivity contribution in [3.8, 4) is 11.4 Å². The Hall–Kier alpha value is -1.87. The van der Waals surface area contributed by atoms with E-state index >= 15 is 0 Å². The number of pyridine rings is 1. The Balaban J connectivity index is 2.28. The normalized spacial score (nSPS) is 10.9. The van der Waals surface area contributed by atoms with Crippen molar-refractivity contribution in [3.63, 3.8) is 0 Å². The van der Waals surface area contributed by atoms with E-state index in [1.165, 1.54) is 0 Å². The van der Waals surface area contributed by atoms with Gasteiger partial charge in [0.1, 0.15) is 5.82 Å². The monoisotopic (exact) mass is 243 g/mol. The third-order valence-electron chi connectivity index (χ3n) is 2.78. The zero-order valence-electron chi connectivity index (χ0n) is 9.26. The lowest BCUT2D eigenvalue weighted by atomic mass is 10.2. The van der Waals surface area contributed by atoms with Crippen LogP contribution in [0.3, 0.4) is 0 Å². The van der Waals surface area contributed by atoms with Gasteiger partial charge in [0.05, 0.1) is 11.0 Å². The number of hydrogen-bond donors (Lipinski definition) is 0. The lowest BCUT2D eigenvalue weighted by Gasteiger charge is -2.01. The highest BCUT2D eigenvalue weighted by molar-refractivity contribution is 6.31. The highest BCUT2D eigenvalue weighted by Crippen LogP contribution is 2.25. The van der Waals surface area contributed by atoms with Crippen molar-refractivity contribution < 1.29 is 0 Å². The standard InChI is InChI=1S/C13H10ClN3/c1-17-12-8-10(14)2-3-11(12)16-13(17)9-4-6-15-7-5-9/h2-8H,1H3. The fraction of sp³-hybridized carbons (Fsp3) is 0.0769. The van der Waals surface area contributed by atoms with Crippen LogP contribution in [0.4, 0.5) is 0 Å². The highest BCUT2D eigenvalue weighted by atomic mass is 35.5. The van der Waals surface area contributed by atoms with Crippen LogP contribution in [0, 0.1) is 0 Å². The van der Waals surface area contributed by atoms with Crippen LogP contribution in [0.25, 0.3) is 22.4 Å². The highest BCUT2D eigenvalue weighted by Gasteiger charge is 2.09. The molecule has 3 aromatic rings. The Morgan fingerprint density at radius 3 is 2.65 bits per heavy atom. The molecule has 0 N–H and O–H groups in total. The summed E-state index contributed by atoms with van der Waals surface area (Å²) in [4.78, 5) is 8.61. The molecule has 0 amide bonds. The van der Waals surface area contributed by atoms with Crippen molar-refractivity contribution >= 4 is 22.6 Å². The first-order valence-corrected chi connectivity index (χ1v) is 5.66. The quantitative estimate of drug-likeness (QED) is 0.657. The van der Waals surface area contributed by atoms with Gasteiger partial charge >= 0.3 is 0 Å². The molecule has 0 atom stereocenters. The maximum atomic E-state index is 5.99. The van der Waals surface area contributed by atoms with Crippen molar-refractivity contribution in [1.82, 2.24) is 14.5 Å². The van der Waals surface area contributed by atoms with Crippen LogP contribution in [0.2, 0.25) is 5.02 Å². The van der Waals surface area contributed by atoms with E-state index in [0.717, 1.165) is 27.4 Å². The predicted octanol–water partition coefficient (Wildman–Crippen LogP) is 3.29. The van der Waals surface area contributed by atoms with E-state index in [4.69, 9.17) is 11.6 Å². The average Bonchev–Trinajstić information content (AvgIpc) is 2.68. The fourth-order valence-corrected chi connectivity index (χ4v) is 2.09. The molecule has 0 spiro atoms. The van der Waals surface area contributed by atoms with Crippen LogP contribution in [-0.2, 0) is 7.05 Å². The second kappa shape index (κ2) is 3.86. The van der Waals surface area contributed by atoms with E-state index in [1.54, 1.807) is 12.4 Å². The summed E-state index contributed by atoms with van der Waals surface area (Å²) in [6, 6.07) is 9.61. The summed E-state index contributed by atoms with van der Waals surface area (Å²) in [7, 11) is 1.99. The maximum absolute atomic E-state index is 5.99. The number of nitrogens with zero attached hydrogens (tertiary/aromatic N) is 3. The minimum atomic E-state index is 0.724. The molecule has 0 saturated carbocycles. The van der Waals surface area contributed by atoms with Crippen molar-refractivity contribution in [2.75, 3.05) is 0 Å². The molecule has 4 heteroatoms. The van der Waals surface area contributed by atoms with Gasteiger partial charge in [-0.05, 0) is 30.3 Å². The fourth-order valence-electron chi connectivity index (χ4n) is 1.92. The first kappa shape index (κ1) is 10.3. The summed E-state index contributed by atoms with van der Waals surface area (Å²) in [5.74, 6) is 0.921. The number of hydrogen-bond acceptors (Lipinski definition) is 2. The van der Waals surface area contributed by atoms with Crippen molar-refractivity contribution in [1.29, 1.82) is 0 Å². The number of benzene rings is 1. The molecule has 2 heterocycles. The zero-order chi connectivity index (χ0) is 11.8. The Bertz CT molecular complexity index is 674. The predicted molar refractivity (Wildman–Crippen MR) is 69.0 cm³/mol. The minimum absolute atomic E-state index is 0.724. The lowest BCUT2D eigenvalue weighted by Crippen LogP contribution is -1.92. The molecule has 1 aromatic carbocycles. The van der Waals surface area contributed by atoms with Gasteiger partial charge in [-0.15, -0.1) is 0 Å². The SMILES string of the molecule is Cn1c(-c2ccncc2)nc2ccc(Cl)cc21. The second-order valence-corrected chi connectivity index (χ2v) is 4.30. The van der Waals surface area contributed by atoms with Gasteiger partial charge in [0.2, 0.25) is 0 Å². The molecule has 17 heavy (non-hydrogen) atoms. The van der Waals surface area contributed by atoms with Gasteiger partial charge in [-0.3, -0.25) is 4.98 Å². The molecule has 84 valence electrons. The van der Waals surface area contributed by atoms with Crippen molar-refractivity contribution in [2.45, 2.75) is 0 Å². The van der Waals surface area contributed by atoms with Gasteiger partial charge in [-0.25, -0.2) is 4.98 Å². The van der Waals surface area contributed by atoms with Crippen molar-refractivity contribution in [3.05, 3.63) is 47.7 Å². The number of rotatable bonds is 1. The number of fused-ring (bicyclic) bond motifs is 1. The summed E-state index contributed by atoms with van der Waals surface area (Å²) in [6.07, 6.45) is 3.53. The summed E-state index contributed by atoms with van der Waals surface area (Å²) in [6.45, 7) is 0.